The first-order valence-electron chi connectivity index (χ1n) is 10.6. The van der Waals surface area contributed by atoms with E-state index in [9.17, 15) is 4.21 Å². The van der Waals surface area contributed by atoms with Crippen molar-refractivity contribution in [1.29, 1.82) is 0 Å². The Bertz CT molecular complexity index is 1050. The molecule has 0 aliphatic carbocycles. The fourth-order valence-corrected chi connectivity index (χ4v) is 3.79. The van der Waals surface area contributed by atoms with Crippen LogP contribution in [0.4, 0.5) is 0 Å². The van der Waals surface area contributed by atoms with Crippen LogP contribution >= 0.6 is 11.6 Å². The minimum absolute atomic E-state index is 0.110. The number of rotatable bonds is 13. The smallest absolute Gasteiger partial charge is 0.288 e. The first-order chi connectivity index (χ1) is 15.4. The SMILES string of the molecule is CCCCOCCOc1ccc(C)cc1OS(=O)NCC(C)c1nc2c(Cl)c(C)[nH]n2n1. The fourth-order valence-electron chi connectivity index (χ4n) is 2.89. The van der Waals surface area contributed by atoms with Gasteiger partial charge in [-0.1, -0.05) is 37.9 Å². The minimum atomic E-state index is -1.77. The Kier molecular flexibility index (Phi) is 8.92. The molecule has 2 unspecified atom stereocenters. The van der Waals surface area contributed by atoms with Gasteiger partial charge >= 0.3 is 0 Å². The molecule has 0 saturated carbocycles. The number of aryl methyl sites for hydroxylation is 2. The maximum Gasteiger partial charge on any atom is 0.288 e. The lowest BCUT2D eigenvalue weighted by molar-refractivity contribution is 0.0975. The highest BCUT2D eigenvalue weighted by molar-refractivity contribution is 7.78. The summed E-state index contributed by atoms with van der Waals surface area (Å²) in [6.07, 6.45) is 2.12. The molecule has 2 aromatic heterocycles. The number of ether oxygens (including phenoxy) is 2. The summed E-state index contributed by atoms with van der Waals surface area (Å²) in [5, 5.41) is 7.96. The Balaban J connectivity index is 1.52. The second-order valence-corrected chi connectivity index (χ2v) is 8.89. The van der Waals surface area contributed by atoms with Crippen LogP contribution in [0.5, 0.6) is 11.5 Å². The average molecular weight is 484 g/mol. The van der Waals surface area contributed by atoms with Gasteiger partial charge in [0.1, 0.15) is 11.6 Å². The Labute approximate surface area is 195 Å². The predicted molar refractivity (Wildman–Crippen MR) is 125 cm³/mol. The number of nitrogens with one attached hydrogen (secondary N) is 2. The molecule has 0 radical (unpaired) electrons. The largest absolute Gasteiger partial charge is 0.487 e. The molecule has 0 aliphatic heterocycles. The van der Waals surface area contributed by atoms with Gasteiger partial charge < -0.3 is 13.7 Å². The van der Waals surface area contributed by atoms with Gasteiger partial charge in [-0.3, -0.25) is 5.10 Å². The number of aromatic amines is 1. The molecule has 2 heterocycles. The summed E-state index contributed by atoms with van der Waals surface area (Å²) < 4.78 is 33.8. The molecular weight excluding hydrogens is 454 g/mol. The quantitative estimate of drug-likeness (QED) is 0.358. The molecule has 3 aromatic rings. The Morgan fingerprint density at radius 1 is 1.25 bits per heavy atom. The number of nitrogens with zero attached hydrogens (tertiary/aromatic N) is 3. The average Bonchev–Trinajstić information content (AvgIpc) is 3.29. The van der Waals surface area contributed by atoms with Crippen LogP contribution in [0.3, 0.4) is 0 Å². The van der Waals surface area contributed by atoms with Crippen molar-refractivity contribution in [2.45, 2.75) is 46.5 Å². The summed E-state index contributed by atoms with van der Waals surface area (Å²) in [7, 11) is 0. The highest BCUT2D eigenvalue weighted by Gasteiger charge is 2.18. The van der Waals surface area contributed by atoms with Crippen LogP contribution in [0.25, 0.3) is 5.65 Å². The van der Waals surface area contributed by atoms with E-state index in [0.29, 0.717) is 47.8 Å². The third kappa shape index (κ3) is 6.44. The molecule has 0 bridgehead atoms. The topological polar surface area (TPSA) is 103 Å². The van der Waals surface area contributed by atoms with Crippen LogP contribution in [0.1, 0.15) is 49.7 Å². The van der Waals surface area contributed by atoms with Crippen molar-refractivity contribution >= 4 is 28.5 Å². The lowest BCUT2D eigenvalue weighted by atomic mass is 10.2. The number of halogens is 1. The number of H-pyrrole nitrogens is 1. The molecule has 0 saturated heterocycles. The van der Waals surface area contributed by atoms with Crippen LogP contribution in [-0.4, -0.2) is 50.4 Å². The summed E-state index contributed by atoms with van der Waals surface area (Å²) in [4.78, 5) is 4.46. The van der Waals surface area contributed by atoms with Crippen molar-refractivity contribution in [3.05, 3.63) is 40.3 Å². The van der Waals surface area contributed by atoms with Gasteiger partial charge in [-0.15, -0.1) is 5.10 Å². The van der Waals surface area contributed by atoms with Crippen molar-refractivity contribution < 1.29 is 17.9 Å². The Morgan fingerprint density at radius 3 is 2.81 bits per heavy atom. The zero-order valence-corrected chi connectivity index (χ0v) is 20.4. The van der Waals surface area contributed by atoms with E-state index < -0.39 is 11.3 Å². The number of benzene rings is 1. The molecule has 2 atom stereocenters. The van der Waals surface area contributed by atoms with Crippen molar-refractivity contribution in [3.63, 3.8) is 0 Å². The standard InChI is InChI=1S/C21H30ClN5O4S/c1-5-6-9-29-10-11-30-17-8-7-14(2)12-18(17)31-32(28)23-13-15(3)20-24-21-19(22)16(4)25-27(21)26-20/h7-8,12,15,23,25H,5-6,9-11,13H2,1-4H3. The number of unbranched alkanes of at least 4 members (excludes halogenated alkanes) is 1. The summed E-state index contributed by atoms with van der Waals surface area (Å²) in [6, 6.07) is 5.51. The summed E-state index contributed by atoms with van der Waals surface area (Å²) in [6.45, 7) is 9.78. The highest BCUT2D eigenvalue weighted by Crippen LogP contribution is 2.29. The highest BCUT2D eigenvalue weighted by atomic mass is 35.5. The molecule has 0 aliphatic rings. The fraction of sp³-hybridized carbons (Fsp3) is 0.524. The molecule has 2 N–H and O–H groups in total. The summed E-state index contributed by atoms with van der Waals surface area (Å²) >= 11 is 4.44. The molecule has 0 amide bonds. The molecule has 0 fully saturated rings. The molecule has 176 valence electrons. The molecule has 32 heavy (non-hydrogen) atoms. The first kappa shape index (κ1) is 24.5. The van der Waals surface area contributed by atoms with Crippen LogP contribution in [0, 0.1) is 13.8 Å². The van der Waals surface area contributed by atoms with Gasteiger partial charge in [0.25, 0.3) is 11.3 Å². The zero-order chi connectivity index (χ0) is 23.1. The van der Waals surface area contributed by atoms with Gasteiger partial charge in [0.15, 0.2) is 23.0 Å². The third-order valence-electron chi connectivity index (χ3n) is 4.76. The second kappa shape index (κ2) is 11.6. The molecule has 11 heteroatoms. The van der Waals surface area contributed by atoms with Crippen molar-refractivity contribution in [2.24, 2.45) is 0 Å². The van der Waals surface area contributed by atoms with Gasteiger partial charge in [0, 0.05) is 19.1 Å². The van der Waals surface area contributed by atoms with Crippen molar-refractivity contribution in [3.8, 4) is 11.5 Å². The number of fused-ring (bicyclic) bond motifs is 1. The van der Waals surface area contributed by atoms with Crippen molar-refractivity contribution in [2.75, 3.05) is 26.4 Å². The van der Waals surface area contributed by atoms with E-state index >= 15 is 0 Å². The van der Waals surface area contributed by atoms with Crippen LogP contribution < -0.4 is 13.6 Å². The summed E-state index contributed by atoms with van der Waals surface area (Å²) in [5.74, 6) is 1.41. The normalized spacial score (nSPS) is 13.4. The molecular formula is C21H30ClN5O4S. The zero-order valence-electron chi connectivity index (χ0n) is 18.8. The lowest BCUT2D eigenvalue weighted by Gasteiger charge is -2.14. The monoisotopic (exact) mass is 483 g/mol. The molecule has 3 rings (SSSR count). The van der Waals surface area contributed by atoms with E-state index in [-0.39, 0.29) is 5.92 Å². The van der Waals surface area contributed by atoms with E-state index in [2.05, 4.69) is 26.8 Å². The molecule has 9 nitrogen and oxygen atoms in total. The second-order valence-electron chi connectivity index (χ2n) is 7.59. The van der Waals surface area contributed by atoms with Crippen LogP contribution in [0.15, 0.2) is 18.2 Å². The van der Waals surface area contributed by atoms with Gasteiger partial charge in [0.05, 0.1) is 12.3 Å². The third-order valence-corrected chi connectivity index (χ3v) is 5.95. The van der Waals surface area contributed by atoms with Crippen LogP contribution in [0.2, 0.25) is 5.02 Å². The van der Waals surface area contributed by atoms with Crippen molar-refractivity contribution in [1.82, 2.24) is 24.5 Å². The summed E-state index contributed by atoms with van der Waals surface area (Å²) in [5.41, 5.74) is 2.35. The Hall–Kier alpha value is -2.14. The van der Waals surface area contributed by atoms with E-state index in [1.807, 2.05) is 26.8 Å². The van der Waals surface area contributed by atoms with Gasteiger partial charge in [-0.05, 0) is 38.0 Å². The Morgan fingerprint density at radius 2 is 2.06 bits per heavy atom. The van der Waals surface area contributed by atoms with Crippen LogP contribution in [-0.2, 0) is 16.0 Å². The molecule has 1 aromatic carbocycles. The predicted octanol–water partition coefficient (Wildman–Crippen LogP) is 3.87. The maximum atomic E-state index is 12.5. The number of hydrogen-bond acceptors (Lipinski definition) is 6. The van der Waals surface area contributed by atoms with Gasteiger partial charge in [0.2, 0.25) is 0 Å². The lowest BCUT2D eigenvalue weighted by Crippen LogP contribution is -2.26. The van der Waals surface area contributed by atoms with E-state index in [1.54, 1.807) is 16.8 Å². The maximum absolute atomic E-state index is 12.5. The number of hydrogen-bond donors (Lipinski definition) is 2. The van der Waals surface area contributed by atoms with E-state index in [0.717, 1.165) is 30.7 Å². The van der Waals surface area contributed by atoms with Gasteiger partial charge in [-0.2, -0.15) is 8.84 Å². The van der Waals surface area contributed by atoms with E-state index in [1.165, 1.54) is 0 Å². The van der Waals surface area contributed by atoms with Gasteiger partial charge in [-0.25, -0.2) is 9.71 Å². The first-order valence-corrected chi connectivity index (χ1v) is 12.1. The minimum Gasteiger partial charge on any atom is -0.487 e. The van der Waals surface area contributed by atoms with E-state index in [4.69, 9.17) is 25.3 Å². The molecule has 0 spiro atoms. The number of aromatic nitrogens is 4.